The van der Waals surface area contributed by atoms with E-state index in [4.69, 9.17) is 0 Å². The molecule has 1 saturated heterocycles. The second-order valence-electron chi connectivity index (χ2n) is 6.86. The number of amides is 3. The van der Waals surface area contributed by atoms with Crippen molar-refractivity contribution in [1.29, 1.82) is 0 Å². The summed E-state index contributed by atoms with van der Waals surface area (Å²) in [5.41, 5.74) is 3.93. The van der Waals surface area contributed by atoms with Gasteiger partial charge in [-0.05, 0) is 37.3 Å². The van der Waals surface area contributed by atoms with Crippen LogP contribution >= 0.6 is 0 Å². The molecule has 1 aliphatic heterocycles. The predicted octanol–water partition coefficient (Wildman–Crippen LogP) is 2.25. The van der Waals surface area contributed by atoms with Gasteiger partial charge < -0.3 is 15.5 Å². The fraction of sp³-hybridized carbons (Fsp3) is 0.556. The Bertz CT molecular complexity index is 633. The molecule has 1 aliphatic carbocycles. The lowest BCUT2D eigenvalue weighted by Crippen LogP contribution is -2.44. The van der Waals surface area contributed by atoms with Crippen LogP contribution in [0.25, 0.3) is 0 Å². The highest BCUT2D eigenvalue weighted by Gasteiger charge is 2.46. The zero-order chi connectivity index (χ0) is 16.6. The summed E-state index contributed by atoms with van der Waals surface area (Å²) in [6, 6.07) is 6.44. The zero-order valence-electron chi connectivity index (χ0n) is 14.1. The van der Waals surface area contributed by atoms with Crippen molar-refractivity contribution in [3.05, 3.63) is 34.9 Å². The summed E-state index contributed by atoms with van der Waals surface area (Å²) in [5, 5.41) is 5.72. The van der Waals surface area contributed by atoms with Gasteiger partial charge in [0, 0.05) is 32.5 Å². The summed E-state index contributed by atoms with van der Waals surface area (Å²) in [6.45, 7) is 5.35. The van der Waals surface area contributed by atoms with Gasteiger partial charge in [-0.1, -0.05) is 23.8 Å². The number of carbonyl (C=O) groups is 2. The highest BCUT2D eigenvalue weighted by Crippen LogP contribution is 2.51. The van der Waals surface area contributed by atoms with Crippen LogP contribution in [-0.4, -0.2) is 37.0 Å². The van der Waals surface area contributed by atoms with Crippen LogP contribution in [0.15, 0.2) is 18.2 Å². The Hall–Kier alpha value is -2.04. The maximum absolute atomic E-state index is 11.8. The summed E-state index contributed by atoms with van der Waals surface area (Å²) in [5.74, 6) is 0.155. The topological polar surface area (TPSA) is 61.4 Å². The predicted molar refractivity (Wildman–Crippen MR) is 89.3 cm³/mol. The minimum atomic E-state index is -0.139. The summed E-state index contributed by atoms with van der Waals surface area (Å²) in [6.07, 6.45) is 2.86. The maximum atomic E-state index is 11.8. The van der Waals surface area contributed by atoms with Crippen LogP contribution in [0.1, 0.15) is 48.9 Å². The molecule has 5 nitrogen and oxygen atoms in total. The number of fused-ring (bicyclic) bond motifs is 2. The molecule has 0 bridgehead atoms. The number of piperidine rings is 1. The molecule has 2 N–H and O–H groups in total. The molecule has 1 aromatic carbocycles. The van der Waals surface area contributed by atoms with Gasteiger partial charge in [0.1, 0.15) is 0 Å². The molecule has 1 fully saturated rings. The van der Waals surface area contributed by atoms with Crippen molar-refractivity contribution in [3.63, 3.8) is 0 Å². The van der Waals surface area contributed by atoms with Gasteiger partial charge in [0.25, 0.3) is 0 Å². The minimum absolute atomic E-state index is 0.0504. The third-order valence-corrected chi connectivity index (χ3v) is 5.45. The Morgan fingerprint density at radius 1 is 1.26 bits per heavy atom. The summed E-state index contributed by atoms with van der Waals surface area (Å²) in [7, 11) is 1.64. The number of likely N-dealkylation sites (tertiary alicyclic amines) is 1. The first-order valence-electron chi connectivity index (χ1n) is 8.30. The van der Waals surface area contributed by atoms with Crippen LogP contribution in [0.3, 0.4) is 0 Å². The number of hydrogen-bond donors (Lipinski definition) is 2. The Balaban J connectivity index is 1.90. The van der Waals surface area contributed by atoms with E-state index in [1.54, 1.807) is 14.0 Å². The molecule has 1 aromatic rings. The van der Waals surface area contributed by atoms with E-state index >= 15 is 0 Å². The molecule has 1 heterocycles. The highest BCUT2D eigenvalue weighted by molar-refractivity contribution is 5.75. The fourth-order valence-electron chi connectivity index (χ4n) is 4.13. The van der Waals surface area contributed by atoms with Crippen molar-refractivity contribution in [2.45, 2.75) is 44.6 Å². The third kappa shape index (κ3) is 2.80. The Labute approximate surface area is 137 Å². The highest BCUT2D eigenvalue weighted by atomic mass is 16.2. The molecule has 2 aliphatic rings. The lowest BCUT2D eigenvalue weighted by Gasteiger charge is -2.40. The SMILES string of the molecule is CNC(=O)NC1CC2(CCN(C(C)=O)CC2)c2cc(C)ccc21. The molecular formula is C18H25N3O2. The number of aryl methyl sites for hydroxylation is 1. The Morgan fingerprint density at radius 3 is 2.57 bits per heavy atom. The van der Waals surface area contributed by atoms with Gasteiger partial charge in [0.2, 0.25) is 5.91 Å². The van der Waals surface area contributed by atoms with E-state index in [2.05, 4.69) is 35.8 Å². The normalized spacial score (nSPS) is 21.9. The third-order valence-electron chi connectivity index (χ3n) is 5.45. The Kier molecular flexibility index (Phi) is 4.04. The van der Waals surface area contributed by atoms with Crippen molar-refractivity contribution in [3.8, 4) is 0 Å². The van der Waals surface area contributed by atoms with Gasteiger partial charge in [0.05, 0.1) is 6.04 Å². The molecule has 23 heavy (non-hydrogen) atoms. The average molecular weight is 315 g/mol. The molecule has 124 valence electrons. The summed E-state index contributed by atoms with van der Waals surface area (Å²) >= 11 is 0. The minimum Gasteiger partial charge on any atom is -0.343 e. The number of urea groups is 1. The van der Waals surface area contributed by atoms with E-state index in [1.165, 1.54) is 16.7 Å². The van der Waals surface area contributed by atoms with Crippen molar-refractivity contribution in [1.82, 2.24) is 15.5 Å². The van der Waals surface area contributed by atoms with Crippen LogP contribution in [0, 0.1) is 6.92 Å². The molecule has 3 amide bonds. The molecule has 3 rings (SSSR count). The lowest BCUT2D eigenvalue weighted by molar-refractivity contribution is -0.130. The summed E-state index contributed by atoms with van der Waals surface area (Å²) < 4.78 is 0. The van der Waals surface area contributed by atoms with E-state index in [1.807, 2.05) is 4.90 Å². The maximum Gasteiger partial charge on any atom is 0.315 e. The number of nitrogens with one attached hydrogen (secondary N) is 2. The van der Waals surface area contributed by atoms with Gasteiger partial charge in [-0.25, -0.2) is 4.79 Å². The number of nitrogens with zero attached hydrogens (tertiary/aromatic N) is 1. The first-order valence-corrected chi connectivity index (χ1v) is 8.30. The molecule has 1 spiro atoms. The largest absolute Gasteiger partial charge is 0.343 e. The van der Waals surface area contributed by atoms with Gasteiger partial charge in [-0.2, -0.15) is 0 Å². The van der Waals surface area contributed by atoms with Gasteiger partial charge >= 0.3 is 6.03 Å². The molecular weight excluding hydrogens is 290 g/mol. The van der Waals surface area contributed by atoms with Gasteiger partial charge in [0.15, 0.2) is 0 Å². The zero-order valence-corrected chi connectivity index (χ0v) is 14.1. The molecule has 0 saturated carbocycles. The van der Waals surface area contributed by atoms with Gasteiger partial charge in [-0.15, -0.1) is 0 Å². The lowest BCUT2D eigenvalue weighted by atomic mass is 9.73. The van der Waals surface area contributed by atoms with E-state index < -0.39 is 0 Å². The van der Waals surface area contributed by atoms with Crippen molar-refractivity contribution < 1.29 is 9.59 Å². The van der Waals surface area contributed by atoms with E-state index in [0.717, 1.165) is 32.4 Å². The molecule has 1 unspecified atom stereocenters. The Morgan fingerprint density at radius 2 is 1.96 bits per heavy atom. The second-order valence-corrected chi connectivity index (χ2v) is 6.86. The summed E-state index contributed by atoms with van der Waals surface area (Å²) in [4.78, 5) is 25.3. The number of hydrogen-bond acceptors (Lipinski definition) is 2. The van der Waals surface area contributed by atoms with Crippen LogP contribution in [0.2, 0.25) is 0 Å². The van der Waals surface area contributed by atoms with Crippen molar-refractivity contribution in [2.24, 2.45) is 0 Å². The van der Waals surface area contributed by atoms with Crippen LogP contribution in [0.4, 0.5) is 4.79 Å². The van der Waals surface area contributed by atoms with Crippen LogP contribution < -0.4 is 10.6 Å². The second kappa shape index (κ2) is 5.87. The smallest absolute Gasteiger partial charge is 0.315 e. The first-order chi connectivity index (χ1) is 10.9. The van der Waals surface area contributed by atoms with Crippen LogP contribution in [0.5, 0.6) is 0 Å². The fourth-order valence-corrected chi connectivity index (χ4v) is 4.13. The quantitative estimate of drug-likeness (QED) is 0.835. The van der Waals surface area contributed by atoms with E-state index in [-0.39, 0.29) is 23.4 Å². The van der Waals surface area contributed by atoms with Crippen molar-refractivity contribution >= 4 is 11.9 Å². The first kappa shape index (κ1) is 15.8. The monoisotopic (exact) mass is 315 g/mol. The molecule has 0 aromatic heterocycles. The molecule has 5 heteroatoms. The number of carbonyl (C=O) groups excluding carboxylic acids is 2. The van der Waals surface area contributed by atoms with Crippen molar-refractivity contribution in [2.75, 3.05) is 20.1 Å². The van der Waals surface area contributed by atoms with Gasteiger partial charge in [-0.3, -0.25) is 4.79 Å². The van der Waals surface area contributed by atoms with E-state index in [9.17, 15) is 9.59 Å². The average Bonchev–Trinajstić information content (AvgIpc) is 2.81. The molecule has 1 atom stereocenters. The molecule has 0 radical (unpaired) electrons. The number of benzene rings is 1. The van der Waals surface area contributed by atoms with E-state index in [0.29, 0.717) is 0 Å². The standard InChI is InChI=1S/C18H25N3O2/c1-12-4-5-14-15(10-12)18(11-16(14)20-17(23)19-3)6-8-21(9-7-18)13(2)22/h4-5,10,16H,6-9,11H2,1-3H3,(H2,19,20,23). The number of rotatable bonds is 1. The van der Waals surface area contributed by atoms with Crippen LogP contribution in [-0.2, 0) is 10.2 Å².